The van der Waals surface area contributed by atoms with E-state index in [0.717, 1.165) is 32.6 Å². The van der Waals surface area contributed by atoms with E-state index >= 15 is 0 Å². The number of anilines is 1. The lowest BCUT2D eigenvalue weighted by atomic mass is 10.1. The Morgan fingerprint density at radius 3 is 2.38 bits per heavy atom. The quantitative estimate of drug-likeness (QED) is 0.773. The van der Waals surface area contributed by atoms with Crippen LogP contribution in [-0.2, 0) is 0 Å². The first-order valence-corrected chi connectivity index (χ1v) is 7.64. The van der Waals surface area contributed by atoms with E-state index in [1.165, 1.54) is 11.3 Å². The van der Waals surface area contributed by atoms with Gasteiger partial charge < -0.3 is 10.5 Å². The van der Waals surface area contributed by atoms with E-state index in [9.17, 15) is 0 Å². The summed E-state index contributed by atoms with van der Waals surface area (Å²) >= 11 is 1.51. The second-order valence-corrected chi connectivity index (χ2v) is 5.59. The van der Waals surface area contributed by atoms with Crippen molar-refractivity contribution in [3.05, 3.63) is 54.6 Å². The summed E-state index contributed by atoms with van der Waals surface area (Å²) in [7, 11) is 0. The first-order valence-electron chi connectivity index (χ1n) is 6.83. The largest absolute Gasteiger partial charge is 0.494 e. The normalized spacial score (nSPS) is 10.5. The minimum absolute atomic E-state index is 0.663. The second kappa shape index (κ2) is 5.97. The van der Waals surface area contributed by atoms with Gasteiger partial charge in [-0.2, -0.15) is 0 Å². The SMILES string of the molecule is CCOc1ccc(-c2nc(-c3ccccc3)sc2N)cc1. The number of nitrogens with zero attached hydrogens (tertiary/aromatic N) is 1. The van der Waals surface area contributed by atoms with Gasteiger partial charge in [-0.15, -0.1) is 0 Å². The molecule has 3 aromatic rings. The number of aromatic nitrogens is 1. The fraction of sp³-hybridized carbons (Fsp3) is 0.118. The molecular weight excluding hydrogens is 280 g/mol. The molecule has 0 amide bonds. The molecule has 0 spiro atoms. The molecule has 1 aromatic heterocycles. The molecule has 4 heteroatoms. The summed E-state index contributed by atoms with van der Waals surface area (Å²) < 4.78 is 5.45. The Morgan fingerprint density at radius 2 is 1.71 bits per heavy atom. The number of nitrogen functional groups attached to an aromatic ring is 1. The summed E-state index contributed by atoms with van der Waals surface area (Å²) in [6, 6.07) is 18.0. The Hall–Kier alpha value is -2.33. The van der Waals surface area contributed by atoms with Gasteiger partial charge in [0.2, 0.25) is 0 Å². The summed E-state index contributed by atoms with van der Waals surface area (Å²) in [6.07, 6.45) is 0. The first kappa shape index (κ1) is 13.6. The van der Waals surface area contributed by atoms with Gasteiger partial charge in [-0.05, 0) is 31.2 Å². The number of rotatable bonds is 4. The van der Waals surface area contributed by atoms with Crippen molar-refractivity contribution in [3.8, 4) is 27.6 Å². The molecule has 3 nitrogen and oxygen atoms in total. The zero-order chi connectivity index (χ0) is 14.7. The molecular formula is C17H16N2OS. The van der Waals surface area contributed by atoms with Gasteiger partial charge in [0.05, 0.1) is 6.61 Å². The van der Waals surface area contributed by atoms with E-state index in [1.807, 2.05) is 61.5 Å². The molecule has 2 N–H and O–H groups in total. The molecule has 0 saturated carbocycles. The highest BCUT2D eigenvalue weighted by Gasteiger charge is 2.12. The van der Waals surface area contributed by atoms with Gasteiger partial charge in [0.15, 0.2) is 0 Å². The van der Waals surface area contributed by atoms with Crippen molar-refractivity contribution in [1.82, 2.24) is 4.98 Å². The van der Waals surface area contributed by atoms with Crippen LogP contribution in [0.1, 0.15) is 6.92 Å². The van der Waals surface area contributed by atoms with Gasteiger partial charge in [0.1, 0.15) is 21.5 Å². The molecule has 0 bridgehead atoms. The Labute approximate surface area is 128 Å². The lowest BCUT2D eigenvalue weighted by molar-refractivity contribution is 0.340. The number of hydrogen-bond donors (Lipinski definition) is 1. The molecule has 0 aliphatic rings. The monoisotopic (exact) mass is 296 g/mol. The van der Waals surface area contributed by atoms with Crippen LogP contribution in [-0.4, -0.2) is 11.6 Å². The van der Waals surface area contributed by atoms with Gasteiger partial charge in [0.25, 0.3) is 0 Å². The van der Waals surface area contributed by atoms with Crippen LogP contribution in [0.3, 0.4) is 0 Å². The summed E-state index contributed by atoms with van der Waals surface area (Å²) in [4.78, 5) is 4.68. The molecule has 21 heavy (non-hydrogen) atoms. The van der Waals surface area contributed by atoms with Crippen LogP contribution in [0, 0.1) is 0 Å². The predicted octanol–water partition coefficient (Wildman–Crippen LogP) is 4.46. The van der Waals surface area contributed by atoms with Crippen LogP contribution in [0.5, 0.6) is 5.75 Å². The van der Waals surface area contributed by atoms with Gasteiger partial charge >= 0.3 is 0 Å². The molecule has 0 unspecified atom stereocenters. The Morgan fingerprint density at radius 1 is 1.00 bits per heavy atom. The molecule has 0 aliphatic heterocycles. The van der Waals surface area contributed by atoms with Crippen molar-refractivity contribution in [2.24, 2.45) is 0 Å². The maximum atomic E-state index is 6.13. The third-order valence-electron chi connectivity index (χ3n) is 3.11. The zero-order valence-electron chi connectivity index (χ0n) is 11.7. The minimum Gasteiger partial charge on any atom is -0.494 e. The van der Waals surface area contributed by atoms with E-state index in [0.29, 0.717) is 6.61 Å². The Bertz CT molecular complexity index is 720. The van der Waals surface area contributed by atoms with E-state index < -0.39 is 0 Å². The van der Waals surface area contributed by atoms with Gasteiger partial charge in [-0.3, -0.25) is 0 Å². The molecule has 1 heterocycles. The number of thiazole rings is 1. The van der Waals surface area contributed by atoms with Crippen LogP contribution >= 0.6 is 11.3 Å². The lowest BCUT2D eigenvalue weighted by Crippen LogP contribution is -1.91. The van der Waals surface area contributed by atoms with Crippen molar-refractivity contribution in [3.63, 3.8) is 0 Å². The topological polar surface area (TPSA) is 48.1 Å². The van der Waals surface area contributed by atoms with Crippen molar-refractivity contribution in [2.45, 2.75) is 6.92 Å². The Balaban J connectivity index is 1.94. The predicted molar refractivity (Wildman–Crippen MR) is 88.6 cm³/mol. The minimum atomic E-state index is 0.663. The number of hydrogen-bond acceptors (Lipinski definition) is 4. The van der Waals surface area contributed by atoms with E-state index in [4.69, 9.17) is 10.5 Å². The lowest BCUT2D eigenvalue weighted by Gasteiger charge is -2.03. The standard InChI is InChI=1S/C17H16N2OS/c1-2-20-14-10-8-12(9-11-14)15-16(18)21-17(19-15)13-6-4-3-5-7-13/h3-11H,2,18H2,1H3. The molecule has 0 fully saturated rings. The molecule has 3 rings (SSSR count). The van der Waals surface area contributed by atoms with Gasteiger partial charge in [0, 0.05) is 11.1 Å². The van der Waals surface area contributed by atoms with Crippen molar-refractivity contribution in [1.29, 1.82) is 0 Å². The molecule has 0 atom stereocenters. The van der Waals surface area contributed by atoms with E-state index in [2.05, 4.69) is 4.98 Å². The smallest absolute Gasteiger partial charge is 0.126 e. The zero-order valence-corrected chi connectivity index (χ0v) is 12.6. The summed E-state index contributed by atoms with van der Waals surface area (Å²) in [5.41, 5.74) is 9.07. The molecule has 0 aliphatic carbocycles. The van der Waals surface area contributed by atoms with Crippen molar-refractivity contribution < 1.29 is 4.74 Å². The first-order chi connectivity index (χ1) is 10.3. The summed E-state index contributed by atoms with van der Waals surface area (Å²) in [5.74, 6) is 0.860. The maximum absolute atomic E-state index is 6.13. The third-order valence-corrected chi connectivity index (χ3v) is 4.05. The number of nitrogens with two attached hydrogens (primary N) is 1. The third kappa shape index (κ3) is 2.90. The average molecular weight is 296 g/mol. The van der Waals surface area contributed by atoms with Crippen LogP contribution in [0.15, 0.2) is 54.6 Å². The molecule has 2 aromatic carbocycles. The molecule has 106 valence electrons. The summed E-state index contributed by atoms with van der Waals surface area (Å²) in [5, 5.41) is 1.68. The van der Waals surface area contributed by atoms with Crippen molar-refractivity contribution in [2.75, 3.05) is 12.3 Å². The van der Waals surface area contributed by atoms with Crippen LogP contribution in [0.25, 0.3) is 21.8 Å². The fourth-order valence-electron chi connectivity index (χ4n) is 2.12. The number of ether oxygens (including phenoxy) is 1. The highest BCUT2D eigenvalue weighted by Crippen LogP contribution is 2.36. The van der Waals surface area contributed by atoms with E-state index in [-0.39, 0.29) is 0 Å². The average Bonchev–Trinajstić information content (AvgIpc) is 2.91. The maximum Gasteiger partial charge on any atom is 0.126 e. The number of benzene rings is 2. The highest BCUT2D eigenvalue weighted by atomic mass is 32.1. The van der Waals surface area contributed by atoms with Crippen LogP contribution in [0.4, 0.5) is 5.00 Å². The molecule has 0 radical (unpaired) electrons. The molecule has 0 saturated heterocycles. The van der Waals surface area contributed by atoms with Gasteiger partial charge in [-0.1, -0.05) is 41.7 Å². The van der Waals surface area contributed by atoms with Crippen LogP contribution < -0.4 is 10.5 Å². The van der Waals surface area contributed by atoms with Gasteiger partial charge in [-0.25, -0.2) is 4.98 Å². The van der Waals surface area contributed by atoms with Crippen LogP contribution in [0.2, 0.25) is 0 Å². The highest BCUT2D eigenvalue weighted by molar-refractivity contribution is 7.19. The Kier molecular flexibility index (Phi) is 3.88. The van der Waals surface area contributed by atoms with E-state index in [1.54, 1.807) is 0 Å². The van der Waals surface area contributed by atoms with Crippen molar-refractivity contribution >= 4 is 16.3 Å². The second-order valence-electron chi connectivity index (χ2n) is 4.56. The summed E-state index contributed by atoms with van der Waals surface area (Å²) in [6.45, 7) is 2.63. The fourth-order valence-corrected chi connectivity index (χ4v) is 2.98.